The molecule has 0 aliphatic heterocycles. The second-order valence-corrected chi connectivity index (χ2v) is 3.26. The van der Waals surface area contributed by atoms with Crippen LogP contribution in [0.3, 0.4) is 0 Å². The van der Waals surface area contributed by atoms with Crippen LogP contribution in [0.15, 0.2) is 22.7 Å². The molecule has 0 unspecified atom stereocenters. The average Bonchev–Trinajstić information content (AvgIpc) is 2.76. The van der Waals surface area contributed by atoms with E-state index in [1.807, 2.05) is 0 Å². The Hall–Kier alpha value is -2.31. The van der Waals surface area contributed by atoms with Crippen molar-refractivity contribution in [2.24, 2.45) is 0 Å². The molecule has 0 aliphatic rings. The molecule has 0 aliphatic carbocycles. The van der Waals surface area contributed by atoms with E-state index in [0.29, 0.717) is 5.69 Å². The van der Waals surface area contributed by atoms with Crippen LogP contribution in [0.5, 0.6) is 0 Å². The van der Waals surface area contributed by atoms with E-state index in [0.717, 1.165) is 6.20 Å². The van der Waals surface area contributed by atoms with Gasteiger partial charge < -0.3 is 9.52 Å². The van der Waals surface area contributed by atoms with Gasteiger partial charge in [-0.25, -0.2) is 9.37 Å². The Morgan fingerprint density at radius 2 is 2.24 bits per heavy atom. The molecule has 0 atom stereocenters. The molecule has 17 heavy (non-hydrogen) atoms. The number of hydrogen-bond donors (Lipinski definition) is 1. The molecule has 0 aromatic carbocycles. The summed E-state index contributed by atoms with van der Waals surface area (Å²) in [4.78, 5) is 14.1. The molecule has 6 nitrogen and oxygen atoms in total. The van der Waals surface area contributed by atoms with Gasteiger partial charge in [-0.15, -0.1) is 10.2 Å². The average molecular weight is 237 g/mol. The molecular weight excluding hydrogens is 229 g/mol. The summed E-state index contributed by atoms with van der Waals surface area (Å²) in [5.41, 5.74) is 0.348. The van der Waals surface area contributed by atoms with Crippen molar-refractivity contribution < 1.29 is 18.7 Å². The summed E-state index contributed by atoms with van der Waals surface area (Å²) in [7, 11) is 0. The predicted molar refractivity (Wildman–Crippen MR) is 53.4 cm³/mol. The summed E-state index contributed by atoms with van der Waals surface area (Å²) in [5, 5.41) is 15.9. The van der Waals surface area contributed by atoms with E-state index < -0.39 is 11.8 Å². The zero-order valence-electron chi connectivity index (χ0n) is 8.63. The van der Waals surface area contributed by atoms with Crippen molar-refractivity contribution in [3.8, 4) is 11.6 Å². The summed E-state index contributed by atoms with van der Waals surface area (Å²) in [6.45, 7) is 0. The summed E-state index contributed by atoms with van der Waals surface area (Å²) in [6.07, 6.45) is 1.11. The van der Waals surface area contributed by atoms with Gasteiger partial charge >= 0.3 is 5.97 Å². The number of carboxylic acids is 1. The van der Waals surface area contributed by atoms with Crippen molar-refractivity contribution in [3.63, 3.8) is 0 Å². The van der Waals surface area contributed by atoms with Crippen molar-refractivity contribution >= 4 is 5.97 Å². The topological polar surface area (TPSA) is 89.1 Å². The zero-order chi connectivity index (χ0) is 12.3. The van der Waals surface area contributed by atoms with Gasteiger partial charge in [0.1, 0.15) is 11.5 Å². The van der Waals surface area contributed by atoms with Gasteiger partial charge in [0.2, 0.25) is 5.89 Å². The molecule has 0 radical (unpaired) electrons. The molecule has 0 saturated carbocycles. The molecule has 0 amide bonds. The van der Waals surface area contributed by atoms with E-state index in [2.05, 4.69) is 15.2 Å². The third-order valence-electron chi connectivity index (χ3n) is 1.97. The van der Waals surface area contributed by atoms with Gasteiger partial charge in [-0.3, -0.25) is 4.79 Å². The zero-order valence-corrected chi connectivity index (χ0v) is 8.63. The number of carboxylic acid groups (broad SMARTS) is 1. The molecule has 88 valence electrons. The summed E-state index contributed by atoms with van der Waals surface area (Å²) in [6, 6.07) is 2.63. The predicted octanol–water partition coefficient (Wildman–Crippen LogP) is 1.29. The van der Waals surface area contributed by atoms with Crippen LogP contribution in [0.4, 0.5) is 4.39 Å². The summed E-state index contributed by atoms with van der Waals surface area (Å²) in [5.74, 6) is -1.04. The Balaban J connectivity index is 2.12. The third kappa shape index (κ3) is 2.83. The van der Waals surface area contributed by atoms with E-state index in [9.17, 15) is 9.18 Å². The number of rotatable bonds is 4. The van der Waals surface area contributed by atoms with Crippen molar-refractivity contribution in [2.75, 3.05) is 0 Å². The largest absolute Gasteiger partial charge is 0.481 e. The van der Waals surface area contributed by atoms with E-state index in [1.54, 1.807) is 0 Å². The first kappa shape index (κ1) is 11.2. The van der Waals surface area contributed by atoms with Gasteiger partial charge in [0.25, 0.3) is 5.89 Å². The van der Waals surface area contributed by atoms with Crippen molar-refractivity contribution in [1.82, 2.24) is 15.2 Å². The van der Waals surface area contributed by atoms with Crippen molar-refractivity contribution in [3.05, 3.63) is 30.0 Å². The fourth-order valence-corrected chi connectivity index (χ4v) is 1.17. The Bertz CT molecular complexity index is 524. The minimum absolute atomic E-state index is 0.0848. The minimum Gasteiger partial charge on any atom is -0.481 e. The van der Waals surface area contributed by atoms with Gasteiger partial charge in [0.05, 0.1) is 12.6 Å². The van der Waals surface area contributed by atoms with Gasteiger partial charge in [-0.1, -0.05) is 0 Å². The molecular formula is C10H8FN3O3. The first-order valence-electron chi connectivity index (χ1n) is 4.81. The van der Waals surface area contributed by atoms with Crippen LogP contribution in [-0.4, -0.2) is 26.3 Å². The van der Waals surface area contributed by atoms with Crippen LogP contribution in [0.25, 0.3) is 11.6 Å². The Labute approximate surface area is 95.1 Å². The molecule has 2 rings (SSSR count). The monoisotopic (exact) mass is 237 g/mol. The van der Waals surface area contributed by atoms with Crippen LogP contribution in [-0.2, 0) is 11.2 Å². The number of aryl methyl sites for hydroxylation is 1. The third-order valence-corrected chi connectivity index (χ3v) is 1.97. The first-order valence-corrected chi connectivity index (χ1v) is 4.81. The standard InChI is InChI=1S/C10H8FN3O3/c11-6-1-2-7(12-5-6)10-14-13-8(17-10)3-4-9(15)16/h1-2,5H,3-4H2,(H,15,16). The molecule has 0 saturated heterocycles. The first-order chi connectivity index (χ1) is 8.15. The van der Waals surface area contributed by atoms with Crippen LogP contribution in [0.1, 0.15) is 12.3 Å². The molecule has 0 bridgehead atoms. The van der Waals surface area contributed by atoms with Gasteiger partial charge in [-0.2, -0.15) is 0 Å². The molecule has 2 aromatic rings. The number of pyridine rings is 1. The highest BCUT2D eigenvalue weighted by atomic mass is 19.1. The fourth-order valence-electron chi connectivity index (χ4n) is 1.17. The number of nitrogens with zero attached hydrogens (tertiary/aromatic N) is 3. The second-order valence-electron chi connectivity index (χ2n) is 3.26. The number of aromatic nitrogens is 3. The lowest BCUT2D eigenvalue weighted by Crippen LogP contribution is -1.97. The molecule has 0 fully saturated rings. The number of aliphatic carboxylic acids is 1. The molecule has 0 spiro atoms. The van der Waals surface area contributed by atoms with E-state index >= 15 is 0 Å². The van der Waals surface area contributed by atoms with E-state index in [4.69, 9.17) is 9.52 Å². The van der Waals surface area contributed by atoms with Crippen LogP contribution >= 0.6 is 0 Å². The smallest absolute Gasteiger partial charge is 0.303 e. The van der Waals surface area contributed by atoms with Gasteiger partial charge in [-0.05, 0) is 12.1 Å². The highest BCUT2D eigenvalue weighted by Crippen LogP contribution is 2.15. The van der Waals surface area contributed by atoms with E-state index in [-0.39, 0.29) is 24.6 Å². The lowest BCUT2D eigenvalue weighted by Gasteiger charge is -1.92. The van der Waals surface area contributed by atoms with Crippen LogP contribution in [0, 0.1) is 5.82 Å². The summed E-state index contributed by atoms with van der Waals surface area (Å²) < 4.78 is 17.8. The molecule has 2 aromatic heterocycles. The maximum atomic E-state index is 12.6. The minimum atomic E-state index is -0.940. The maximum Gasteiger partial charge on any atom is 0.303 e. The van der Waals surface area contributed by atoms with Crippen molar-refractivity contribution in [2.45, 2.75) is 12.8 Å². The highest BCUT2D eigenvalue weighted by Gasteiger charge is 2.10. The quantitative estimate of drug-likeness (QED) is 0.861. The number of halogens is 1. The lowest BCUT2D eigenvalue weighted by atomic mass is 10.3. The van der Waals surface area contributed by atoms with Gasteiger partial charge in [0, 0.05) is 6.42 Å². The molecule has 2 heterocycles. The number of carbonyl (C=O) groups is 1. The fraction of sp³-hybridized carbons (Fsp3) is 0.200. The van der Waals surface area contributed by atoms with Gasteiger partial charge in [0.15, 0.2) is 0 Å². The molecule has 7 heteroatoms. The normalized spacial score (nSPS) is 10.4. The maximum absolute atomic E-state index is 12.6. The molecule has 1 N–H and O–H groups in total. The Morgan fingerprint density at radius 1 is 1.41 bits per heavy atom. The SMILES string of the molecule is O=C(O)CCc1nnc(-c2ccc(F)cn2)o1. The van der Waals surface area contributed by atoms with Crippen molar-refractivity contribution in [1.29, 1.82) is 0 Å². The van der Waals surface area contributed by atoms with E-state index in [1.165, 1.54) is 12.1 Å². The Morgan fingerprint density at radius 3 is 2.88 bits per heavy atom. The van der Waals surface area contributed by atoms with Crippen LogP contribution < -0.4 is 0 Å². The lowest BCUT2D eigenvalue weighted by molar-refractivity contribution is -0.137. The second kappa shape index (κ2) is 4.69. The summed E-state index contributed by atoms with van der Waals surface area (Å²) >= 11 is 0. The Kier molecular flexibility index (Phi) is 3.08. The van der Waals surface area contributed by atoms with Crippen LogP contribution in [0.2, 0.25) is 0 Å². The number of hydrogen-bond acceptors (Lipinski definition) is 5. The highest BCUT2D eigenvalue weighted by molar-refractivity contribution is 5.66.